The van der Waals surface area contributed by atoms with Crippen LogP contribution >= 0.6 is 0 Å². The number of nitro groups is 1. The molecule has 1 N–H and O–H groups in total. The lowest BCUT2D eigenvalue weighted by Gasteiger charge is -2.28. The Balaban J connectivity index is 1.68. The number of hydrogen-bond acceptors (Lipinski definition) is 4. The molecule has 1 aliphatic heterocycles. The maximum absolute atomic E-state index is 10.7. The summed E-state index contributed by atoms with van der Waals surface area (Å²) in [5.41, 5.74) is 0.677. The van der Waals surface area contributed by atoms with Crippen LogP contribution in [0.2, 0.25) is 0 Å². The average molecular weight is 262 g/mol. The molecule has 5 heteroatoms. The topological polar surface area (TPSA) is 66.6 Å². The minimum Gasteiger partial charge on any atom is -0.387 e. The number of piperidine rings is 1. The second-order valence-corrected chi connectivity index (χ2v) is 5.65. The van der Waals surface area contributed by atoms with E-state index in [2.05, 4.69) is 4.90 Å². The fourth-order valence-corrected chi connectivity index (χ4v) is 3.42. The smallest absolute Gasteiger partial charge is 0.269 e. The van der Waals surface area contributed by atoms with Gasteiger partial charge in [-0.1, -0.05) is 12.1 Å². The van der Waals surface area contributed by atoms with Crippen molar-refractivity contribution in [2.24, 2.45) is 5.92 Å². The van der Waals surface area contributed by atoms with Crippen molar-refractivity contribution in [1.82, 2.24) is 4.90 Å². The molecule has 1 aliphatic carbocycles. The highest BCUT2D eigenvalue weighted by molar-refractivity contribution is 5.35. The van der Waals surface area contributed by atoms with Crippen LogP contribution in [-0.2, 0) is 0 Å². The zero-order valence-electron chi connectivity index (χ0n) is 10.7. The molecule has 0 spiro atoms. The van der Waals surface area contributed by atoms with Gasteiger partial charge in [-0.2, -0.15) is 0 Å². The Kier molecular flexibility index (Phi) is 3.24. The highest BCUT2D eigenvalue weighted by Gasteiger charge is 2.38. The van der Waals surface area contributed by atoms with Crippen LogP contribution < -0.4 is 0 Å². The summed E-state index contributed by atoms with van der Waals surface area (Å²) >= 11 is 0. The van der Waals surface area contributed by atoms with Crippen molar-refractivity contribution in [1.29, 1.82) is 0 Å². The number of aliphatic hydroxyl groups is 1. The molecule has 1 saturated carbocycles. The molecular weight excluding hydrogens is 244 g/mol. The predicted molar refractivity (Wildman–Crippen MR) is 70.8 cm³/mol. The number of β-amino-alcohol motifs (C(OH)–C–C–N with tert-alkyl or cyclic N) is 1. The quantitative estimate of drug-likeness (QED) is 0.666. The lowest BCUT2D eigenvalue weighted by molar-refractivity contribution is -0.385. The molecule has 3 unspecified atom stereocenters. The predicted octanol–water partition coefficient (Wildman–Crippen LogP) is 2.11. The Hall–Kier alpha value is -1.46. The molecule has 1 heterocycles. The zero-order chi connectivity index (χ0) is 13.4. The van der Waals surface area contributed by atoms with Crippen molar-refractivity contribution in [3.8, 4) is 0 Å². The van der Waals surface area contributed by atoms with Gasteiger partial charge in [-0.05, 0) is 30.7 Å². The van der Waals surface area contributed by atoms with E-state index in [9.17, 15) is 15.2 Å². The lowest BCUT2D eigenvalue weighted by Crippen LogP contribution is -2.35. The summed E-state index contributed by atoms with van der Waals surface area (Å²) in [5.74, 6) is 0.794. The number of benzene rings is 1. The van der Waals surface area contributed by atoms with Crippen LogP contribution in [0.1, 0.15) is 30.9 Å². The number of rotatable bonds is 4. The Morgan fingerprint density at radius 1 is 1.47 bits per heavy atom. The van der Waals surface area contributed by atoms with Gasteiger partial charge in [0.05, 0.1) is 11.0 Å². The summed E-state index contributed by atoms with van der Waals surface area (Å²) in [6.45, 7) is 1.65. The Morgan fingerprint density at radius 3 is 2.95 bits per heavy atom. The summed E-state index contributed by atoms with van der Waals surface area (Å²) in [5, 5.41) is 21.0. The van der Waals surface area contributed by atoms with Gasteiger partial charge in [-0.3, -0.25) is 15.0 Å². The lowest BCUT2D eigenvalue weighted by atomic mass is 10.1. The number of likely N-dealkylation sites (tertiary alicyclic amines) is 1. The summed E-state index contributed by atoms with van der Waals surface area (Å²) in [7, 11) is 0. The molecule has 0 amide bonds. The van der Waals surface area contributed by atoms with Crippen molar-refractivity contribution >= 4 is 5.69 Å². The van der Waals surface area contributed by atoms with Crippen LogP contribution in [-0.4, -0.2) is 34.1 Å². The van der Waals surface area contributed by atoms with E-state index >= 15 is 0 Å². The van der Waals surface area contributed by atoms with Crippen LogP contribution in [0, 0.1) is 16.0 Å². The molecule has 2 fully saturated rings. The zero-order valence-corrected chi connectivity index (χ0v) is 10.7. The van der Waals surface area contributed by atoms with Gasteiger partial charge in [-0.15, -0.1) is 0 Å². The van der Waals surface area contributed by atoms with Crippen LogP contribution in [0.4, 0.5) is 5.69 Å². The number of hydrogen-bond donors (Lipinski definition) is 1. The second kappa shape index (κ2) is 4.90. The van der Waals surface area contributed by atoms with E-state index in [1.54, 1.807) is 12.1 Å². The van der Waals surface area contributed by atoms with Gasteiger partial charge in [0.2, 0.25) is 0 Å². The molecule has 1 aromatic carbocycles. The molecule has 1 aromatic rings. The van der Waals surface area contributed by atoms with Gasteiger partial charge in [-0.25, -0.2) is 0 Å². The first-order valence-corrected chi connectivity index (χ1v) is 6.80. The fraction of sp³-hybridized carbons (Fsp3) is 0.571. The van der Waals surface area contributed by atoms with E-state index in [1.165, 1.54) is 31.4 Å². The van der Waals surface area contributed by atoms with E-state index in [0.29, 0.717) is 18.2 Å². The number of non-ortho nitro benzene ring substituents is 1. The third-order valence-corrected chi connectivity index (χ3v) is 4.40. The molecule has 3 rings (SSSR count). The maximum Gasteiger partial charge on any atom is 0.269 e. The van der Waals surface area contributed by atoms with Crippen molar-refractivity contribution in [2.75, 3.05) is 13.1 Å². The molecule has 1 saturated heterocycles. The van der Waals surface area contributed by atoms with Gasteiger partial charge in [0.1, 0.15) is 0 Å². The largest absolute Gasteiger partial charge is 0.387 e. The first kappa shape index (κ1) is 12.6. The third-order valence-electron chi connectivity index (χ3n) is 4.40. The number of fused-ring (bicyclic) bond motifs is 2. The Morgan fingerprint density at radius 2 is 2.32 bits per heavy atom. The van der Waals surface area contributed by atoms with E-state index in [0.717, 1.165) is 12.5 Å². The highest BCUT2D eigenvalue weighted by atomic mass is 16.6. The average Bonchev–Trinajstić information content (AvgIpc) is 3.01. The van der Waals surface area contributed by atoms with Crippen LogP contribution in [0.25, 0.3) is 0 Å². The molecule has 0 radical (unpaired) electrons. The molecule has 2 aliphatic rings. The molecule has 5 nitrogen and oxygen atoms in total. The third kappa shape index (κ3) is 2.48. The number of nitro benzene ring substituents is 1. The standard InChI is InChI=1S/C14H18N2O3/c17-14(9-15-8-10-4-5-12(15)6-10)11-2-1-3-13(7-11)16(18)19/h1-3,7,10,12,14,17H,4-6,8-9H2. The minimum atomic E-state index is -0.640. The van der Waals surface area contributed by atoms with Crippen molar-refractivity contribution in [3.63, 3.8) is 0 Å². The van der Waals surface area contributed by atoms with Gasteiger partial charge >= 0.3 is 0 Å². The van der Waals surface area contributed by atoms with Gasteiger partial charge in [0, 0.05) is 31.3 Å². The molecule has 2 bridgehead atoms. The van der Waals surface area contributed by atoms with Crippen LogP contribution in [0.3, 0.4) is 0 Å². The first-order chi connectivity index (χ1) is 9.13. The van der Waals surface area contributed by atoms with Crippen LogP contribution in [0.15, 0.2) is 24.3 Å². The highest BCUT2D eigenvalue weighted by Crippen LogP contribution is 2.38. The summed E-state index contributed by atoms with van der Waals surface area (Å²) in [6.07, 6.45) is 3.15. The minimum absolute atomic E-state index is 0.0412. The molecule has 3 atom stereocenters. The molecule has 102 valence electrons. The van der Waals surface area contributed by atoms with E-state index in [4.69, 9.17) is 0 Å². The SMILES string of the molecule is O=[N+]([O-])c1cccc(C(O)CN2CC3CCC2C3)c1. The number of nitrogens with zero attached hydrogens (tertiary/aromatic N) is 2. The van der Waals surface area contributed by atoms with E-state index < -0.39 is 11.0 Å². The summed E-state index contributed by atoms with van der Waals surface area (Å²) < 4.78 is 0. The van der Waals surface area contributed by atoms with E-state index in [1.807, 2.05) is 0 Å². The molecule has 19 heavy (non-hydrogen) atoms. The van der Waals surface area contributed by atoms with Crippen LogP contribution in [0.5, 0.6) is 0 Å². The monoisotopic (exact) mass is 262 g/mol. The van der Waals surface area contributed by atoms with Gasteiger partial charge < -0.3 is 5.11 Å². The Labute approximate surface area is 112 Å². The van der Waals surface area contributed by atoms with Crippen molar-refractivity contribution < 1.29 is 10.0 Å². The first-order valence-electron chi connectivity index (χ1n) is 6.80. The molecule has 0 aromatic heterocycles. The maximum atomic E-state index is 10.7. The Bertz CT molecular complexity index is 491. The fourth-order valence-electron chi connectivity index (χ4n) is 3.42. The molecular formula is C14H18N2O3. The van der Waals surface area contributed by atoms with Crippen molar-refractivity contribution in [3.05, 3.63) is 39.9 Å². The second-order valence-electron chi connectivity index (χ2n) is 5.65. The van der Waals surface area contributed by atoms with Crippen molar-refractivity contribution in [2.45, 2.75) is 31.4 Å². The van der Waals surface area contributed by atoms with Gasteiger partial charge in [0.15, 0.2) is 0 Å². The normalized spacial score (nSPS) is 27.6. The number of aliphatic hydroxyl groups excluding tert-OH is 1. The summed E-state index contributed by atoms with van der Waals surface area (Å²) in [6, 6.07) is 6.92. The van der Waals surface area contributed by atoms with E-state index in [-0.39, 0.29) is 5.69 Å². The summed E-state index contributed by atoms with van der Waals surface area (Å²) in [4.78, 5) is 12.6. The van der Waals surface area contributed by atoms with Gasteiger partial charge in [0.25, 0.3) is 5.69 Å².